The van der Waals surface area contributed by atoms with Crippen LogP contribution in [0.4, 0.5) is 0 Å². The van der Waals surface area contributed by atoms with Gasteiger partial charge in [0.05, 0.1) is 0 Å². The number of carbonyl (C=O) groups is 1. The summed E-state index contributed by atoms with van der Waals surface area (Å²) in [5.74, 6) is -0.139. The van der Waals surface area contributed by atoms with Crippen LogP contribution in [0.2, 0.25) is 0 Å². The maximum atomic E-state index is 12.4. The first-order valence-electron chi connectivity index (χ1n) is 6.73. The molecule has 1 saturated carbocycles. The van der Waals surface area contributed by atoms with E-state index in [1.54, 1.807) is 18.2 Å². The summed E-state index contributed by atoms with van der Waals surface area (Å²) in [6.45, 7) is 2.64. The van der Waals surface area contributed by atoms with Crippen molar-refractivity contribution < 1.29 is 9.52 Å². The largest absolute Gasteiger partial charge is 0.618 e. The molecule has 0 spiro atoms. The summed E-state index contributed by atoms with van der Waals surface area (Å²) < 4.78 is 0.661. The monoisotopic (exact) mass is 248 g/mol. The summed E-state index contributed by atoms with van der Waals surface area (Å²) in [7, 11) is 0. The van der Waals surface area contributed by atoms with Crippen LogP contribution in [0.15, 0.2) is 24.4 Å². The maximum Gasteiger partial charge on any atom is 0.320 e. The van der Waals surface area contributed by atoms with Crippen LogP contribution in [-0.4, -0.2) is 23.4 Å². The van der Waals surface area contributed by atoms with Crippen molar-refractivity contribution in [2.75, 3.05) is 6.54 Å². The number of amides is 1. The lowest BCUT2D eigenvalue weighted by molar-refractivity contribution is -0.608. The molecule has 1 aliphatic carbocycles. The van der Waals surface area contributed by atoms with E-state index in [0.717, 1.165) is 12.8 Å². The number of hydrogen-bond donors (Lipinski definition) is 0. The predicted molar refractivity (Wildman–Crippen MR) is 69.0 cm³/mol. The molecule has 0 bridgehead atoms. The molecule has 2 rings (SSSR count). The summed E-state index contributed by atoms with van der Waals surface area (Å²) >= 11 is 0. The average molecular weight is 248 g/mol. The van der Waals surface area contributed by atoms with E-state index in [9.17, 15) is 10.0 Å². The molecule has 1 aliphatic rings. The first kappa shape index (κ1) is 12.9. The van der Waals surface area contributed by atoms with Crippen molar-refractivity contribution in [3.8, 4) is 0 Å². The molecule has 0 aromatic carbocycles. The first-order valence-corrected chi connectivity index (χ1v) is 6.73. The van der Waals surface area contributed by atoms with Crippen molar-refractivity contribution in [1.29, 1.82) is 0 Å². The van der Waals surface area contributed by atoms with E-state index in [1.807, 2.05) is 11.8 Å². The maximum absolute atomic E-state index is 12.4. The molecular weight excluding hydrogens is 228 g/mol. The van der Waals surface area contributed by atoms with E-state index in [-0.39, 0.29) is 11.6 Å². The van der Waals surface area contributed by atoms with Gasteiger partial charge in [-0.3, -0.25) is 4.79 Å². The molecule has 1 fully saturated rings. The molecule has 0 saturated heterocycles. The van der Waals surface area contributed by atoms with E-state index in [0.29, 0.717) is 17.3 Å². The third-order valence-corrected chi connectivity index (χ3v) is 3.66. The second kappa shape index (κ2) is 5.85. The molecular formula is C14H20N2O2. The Bertz CT molecular complexity index is 414. The number of carbonyl (C=O) groups excluding carboxylic acids is 1. The van der Waals surface area contributed by atoms with Crippen molar-refractivity contribution in [3.05, 3.63) is 35.3 Å². The molecule has 1 heterocycles. The molecule has 0 atom stereocenters. The molecule has 18 heavy (non-hydrogen) atoms. The molecule has 0 radical (unpaired) electrons. The SMILES string of the molecule is CCN(C(=O)c1cccc[n+]1[O-])C1CCCCC1. The normalized spacial score (nSPS) is 16.5. The second-order valence-electron chi connectivity index (χ2n) is 4.79. The van der Waals surface area contributed by atoms with E-state index in [1.165, 1.54) is 25.5 Å². The quantitative estimate of drug-likeness (QED) is 0.607. The van der Waals surface area contributed by atoms with Gasteiger partial charge in [0.15, 0.2) is 6.20 Å². The summed E-state index contributed by atoms with van der Waals surface area (Å²) in [4.78, 5) is 14.3. The van der Waals surface area contributed by atoms with Gasteiger partial charge < -0.3 is 10.1 Å². The smallest absolute Gasteiger partial charge is 0.320 e. The van der Waals surface area contributed by atoms with Gasteiger partial charge in [0.1, 0.15) is 0 Å². The molecule has 1 aromatic rings. The Morgan fingerprint density at radius 2 is 2.11 bits per heavy atom. The lowest BCUT2D eigenvalue weighted by Crippen LogP contribution is -2.46. The summed E-state index contributed by atoms with van der Waals surface area (Å²) in [6.07, 6.45) is 7.12. The van der Waals surface area contributed by atoms with Gasteiger partial charge in [-0.15, -0.1) is 0 Å². The highest BCUT2D eigenvalue weighted by atomic mass is 16.5. The van der Waals surface area contributed by atoms with Crippen LogP contribution >= 0.6 is 0 Å². The fourth-order valence-corrected chi connectivity index (χ4v) is 2.70. The number of rotatable bonds is 3. The van der Waals surface area contributed by atoms with Crippen LogP contribution in [0.25, 0.3) is 0 Å². The van der Waals surface area contributed by atoms with Gasteiger partial charge in [0.25, 0.3) is 5.69 Å². The van der Waals surface area contributed by atoms with Crippen LogP contribution in [0.5, 0.6) is 0 Å². The number of hydrogen-bond acceptors (Lipinski definition) is 2. The van der Waals surface area contributed by atoms with Crippen molar-refractivity contribution in [3.63, 3.8) is 0 Å². The molecule has 0 aliphatic heterocycles. The standard InChI is InChI=1S/C14H20N2O2/c1-2-15(12-8-4-3-5-9-12)14(17)13-10-6-7-11-16(13)18/h6-7,10-12H,2-5,8-9H2,1H3. The van der Waals surface area contributed by atoms with Crippen molar-refractivity contribution in [1.82, 2.24) is 4.90 Å². The average Bonchev–Trinajstić information content (AvgIpc) is 2.41. The molecule has 0 unspecified atom stereocenters. The fraction of sp³-hybridized carbons (Fsp3) is 0.571. The van der Waals surface area contributed by atoms with Gasteiger partial charge in [0, 0.05) is 24.7 Å². The van der Waals surface area contributed by atoms with Crippen LogP contribution in [0.1, 0.15) is 49.5 Å². The zero-order valence-corrected chi connectivity index (χ0v) is 10.8. The second-order valence-corrected chi connectivity index (χ2v) is 4.79. The number of aromatic nitrogens is 1. The first-order chi connectivity index (χ1) is 8.74. The molecule has 0 N–H and O–H groups in total. The van der Waals surface area contributed by atoms with E-state index in [2.05, 4.69) is 0 Å². The third kappa shape index (κ3) is 2.63. The topological polar surface area (TPSA) is 47.2 Å². The summed E-state index contributed by atoms with van der Waals surface area (Å²) in [5.41, 5.74) is 0.227. The van der Waals surface area contributed by atoms with Gasteiger partial charge in [-0.05, 0) is 25.8 Å². The predicted octanol–water partition coefficient (Wildman–Crippen LogP) is 2.11. The minimum Gasteiger partial charge on any atom is -0.618 e. The molecule has 4 heteroatoms. The van der Waals surface area contributed by atoms with Gasteiger partial charge in [0.2, 0.25) is 0 Å². The number of nitrogens with zero attached hydrogens (tertiary/aromatic N) is 2. The Kier molecular flexibility index (Phi) is 4.18. The summed E-state index contributed by atoms with van der Waals surface area (Å²) in [5, 5.41) is 11.6. The van der Waals surface area contributed by atoms with Crippen LogP contribution in [-0.2, 0) is 0 Å². The third-order valence-electron chi connectivity index (χ3n) is 3.66. The fourth-order valence-electron chi connectivity index (χ4n) is 2.70. The van der Waals surface area contributed by atoms with Gasteiger partial charge in [-0.2, -0.15) is 4.73 Å². The molecule has 98 valence electrons. The van der Waals surface area contributed by atoms with Crippen molar-refractivity contribution in [2.24, 2.45) is 0 Å². The molecule has 1 aromatic heterocycles. The van der Waals surface area contributed by atoms with Crippen molar-refractivity contribution in [2.45, 2.75) is 45.1 Å². The van der Waals surface area contributed by atoms with Gasteiger partial charge in [-0.1, -0.05) is 19.3 Å². The Balaban J connectivity index is 2.17. The lowest BCUT2D eigenvalue weighted by atomic mass is 9.94. The highest BCUT2D eigenvalue weighted by molar-refractivity contribution is 5.91. The highest BCUT2D eigenvalue weighted by Crippen LogP contribution is 2.23. The minimum absolute atomic E-state index is 0.139. The molecule has 4 nitrogen and oxygen atoms in total. The van der Waals surface area contributed by atoms with Gasteiger partial charge >= 0.3 is 5.91 Å². The van der Waals surface area contributed by atoms with E-state index >= 15 is 0 Å². The highest BCUT2D eigenvalue weighted by Gasteiger charge is 2.28. The van der Waals surface area contributed by atoms with Crippen LogP contribution in [0.3, 0.4) is 0 Å². The number of pyridine rings is 1. The summed E-state index contributed by atoms with van der Waals surface area (Å²) in [6, 6.07) is 5.27. The van der Waals surface area contributed by atoms with E-state index < -0.39 is 0 Å². The Hall–Kier alpha value is -1.58. The Morgan fingerprint density at radius 1 is 1.39 bits per heavy atom. The van der Waals surface area contributed by atoms with E-state index in [4.69, 9.17) is 0 Å². The van der Waals surface area contributed by atoms with Crippen LogP contribution in [0, 0.1) is 5.21 Å². The lowest BCUT2D eigenvalue weighted by Gasteiger charge is -2.32. The minimum atomic E-state index is -0.139. The van der Waals surface area contributed by atoms with Crippen LogP contribution < -0.4 is 4.73 Å². The zero-order chi connectivity index (χ0) is 13.0. The van der Waals surface area contributed by atoms with Gasteiger partial charge in [-0.25, -0.2) is 0 Å². The molecule has 1 amide bonds. The van der Waals surface area contributed by atoms with Crippen molar-refractivity contribution >= 4 is 5.91 Å². The zero-order valence-electron chi connectivity index (χ0n) is 10.8. The Morgan fingerprint density at radius 3 is 2.72 bits per heavy atom. The Labute approximate surface area is 108 Å².